The fourth-order valence-electron chi connectivity index (χ4n) is 2.01. The maximum Gasteiger partial charge on any atom is 0.268 e. The minimum Gasteiger partial charge on any atom is -0.483 e. The summed E-state index contributed by atoms with van der Waals surface area (Å²) < 4.78 is 7.15. The van der Waals surface area contributed by atoms with Gasteiger partial charge >= 0.3 is 0 Å². The number of aromatic nitrogens is 1. The smallest absolute Gasteiger partial charge is 0.268 e. The summed E-state index contributed by atoms with van der Waals surface area (Å²) in [6.45, 7) is 4.05. The molecule has 1 amide bonds. The Morgan fingerprint density at radius 1 is 1.27 bits per heavy atom. The van der Waals surface area contributed by atoms with Crippen LogP contribution in [0.2, 0.25) is 0 Å². The van der Waals surface area contributed by atoms with Gasteiger partial charge in [0.2, 0.25) is 5.43 Å². The number of rotatable bonds is 5. The van der Waals surface area contributed by atoms with Crippen molar-refractivity contribution >= 4 is 5.91 Å². The number of nitrogens with one attached hydrogen (secondary N) is 1. The summed E-state index contributed by atoms with van der Waals surface area (Å²) in [7, 11) is 1.71. The van der Waals surface area contributed by atoms with Crippen molar-refractivity contribution in [1.29, 1.82) is 0 Å². The first kappa shape index (κ1) is 15.8. The normalized spacial score (nSPS) is 10.5. The fourth-order valence-corrected chi connectivity index (χ4v) is 2.01. The van der Waals surface area contributed by atoms with Crippen LogP contribution in [0.15, 0.2) is 47.4 Å². The molecule has 2 rings (SSSR count). The highest BCUT2D eigenvalue weighted by atomic mass is 16.5. The van der Waals surface area contributed by atoms with Crippen molar-refractivity contribution in [2.45, 2.75) is 26.5 Å². The van der Waals surface area contributed by atoms with E-state index in [4.69, 9.17) is 4.74 Å². The Hall–Kier alpha value is -2.56. The van der Waals surface area contributed by atoms with Gasteiger partial charge in [-0.15, -0.1) is 0 Å². The molecule has 0 aliphatic heterocycles. The summed E-state index contributed by atoms with van der Waals surface area (Å²) in [4.78, 5) is 24.1. The SMILES string of the molecule is CC(C)NC(=O)c1cc(=O)c(OCc2ccccc2)cn1C. The minimum atomic E-state index is -0.303. The van der Waals surface area contributed by atoms with E-state index in [1.54, 1.807) is 17.8 Å². The van der Waals surface area contributed by atoms with Crippen LogP contribution in [0.25, 0.3) is 0 Å². The summed E-state index contributed by atoms with van der Waals surface area (Å²) in [6.07, 6.45) is 1.54. The van der Waals surface area contributed by atoms with Crippen LogP contribution in [0.3, 0.4) is 0 Å². The fraction of sp³-hybridized carbons (Fsp3) is 0.294. The van der Waals surface area contributed by atoms with Crippen molar-refractivity contribution in [3.8, 4) is 5.75 Å². The molecule has 22 heavy (non-hydrogen) atoms. The number of benzene rings is 1. The van der Waals surface area contributed by atoms with Gasteiger partial charge in [0.15, 0.2) is 5.75 Å². The van der Waals surface area contributed by atoms with E-state index in [1.807, 2.05) is 44.2 Å². The molecular weight excluding hydrogens is 280 g/mol. The van der Waals surface area contributed by atoms with Gasteiger partial charge in [-0.05, 0) is 19.4 Å². The first-order valence-electron chi connectivity index (χ1n) is 7.15. The van der Waals surface area contributed by atoms with Gasteiger partial charge in [0, 0.05) is 19.2 Å². The molecule has 0 bridgehead atoms. The molecular formula is C17H20N2O3. The van der Waals surface area contributed by atoms with Crippen molar-refractivity contribution < 1.29 is 9.53 Å². The Bertz CT molecular complexity index is 706. The summed E-state index contributed by atoms with van der Waals surface area (Å²) in [5.74, 6) is -0.0448. The number of pyridine rings is 1. The molecule has 0 saturated heterocycles. The van der Waals surface area contributed by atoms with E-state index < -0.39 is 0 Å². The molecule has 0 fully saturated rings. The second-order valence-corrected chi connectivity index (χ2v) is 5.40. The molecule has 116 valence electrons. The summed E-state index contributed by atoms with van der Waals surface area (Å²) >= 11 is 0. The lowest BCUT2D eigenvalue weighted by Gasteiger charge is -2.13. The van der Waals surface area contributed by atoms with Crippen LogP contribution in [0.5, 0.6) is 5.75 Å². The van der Waals surface area contributed by atoms with Gasteiger partial charge in [-0.2, -0.15) is 0 Å². The highest BCUT2D eigenvalue weighted by Gasteiger charge is 2.13. The lowest BCUT2D eigenvalue weighted by atomic mass is 10.2. The zero-order valence-electron chi connectivity index (χ0n) is 13.0. The van der Waals surface area contributed by atoms with E-state index in [0.717, 1.165) is 5.56 Å². The minimum absolute atomic E-state index is 0.0107. The van der Waals surface area contributed by atoms with E-state index in [9.17, 15) is 9.59 Å². The Labute approximate surface area is 129 Å². The Kier molecular flexibility index (Phi) is 4.99. The van der Waals surface area contributed by atoms with Crippen molar-refractivity contribution in [3.05, 3.63) is 64.1 Å². The topological polar surface area (TPSA) is 60.3 Å². The van der Waals surface area contributed by atoms with Gasteiger partial charge in [0.25, 0.3) is 5.91 Å². The summed E-state index contributed by atoms with van der Waals surface area (Å²) in [5.41, 5.74) is 0.986. The van der Waals surface area contributed by atoms with Crippen LogP contribution < -0.4 is 15.5 Å². The number of carbonyl (C=O) groups is 1. The van der Waals surface area contributed by atoms with Gasteiger partial charge in [0.05, 0.1) is 6.20 Å². The monoisotopic (exact) mass is 300 g/mol. The third-order valence-electron chi connectivity index (χ3n) is 3.09. The number of carbonyl (C=O) groups excluding carboxylic acids is 1. The maximum absolute atomic E-state index is 12.1. The lowest BCUT2D eigenvalue weighted by molar-refractivity contribution is 0.0933. The highest BCUT2D eigenvalue weighted by Crippen LogP contribution is 2.09. The molecule has 2 aromatic rings. The van der Waals surface area contributed by atoms with Crippen LogP contribution >= 0.6 is 0 Å². The quantitative estimate of drug-likeness (QED) is 0.920. The molecule has 0 atom stereocenters. The molecule has 1 aromatic heterocycles. The summed E-state index contributed by atoms with van der Waals surface area (Å²) in [6, 6.07) is 10.9. The molecule has 1 aromatic carbocycles. The highest BCUT2D eigenvalue weighted by molar-refractivity contribution is 5.92. The molecule has 0 spiro atoms. The van der Waals surface area contributed by atoms with Crippen molar-refractivity contribution in [2.75, 3.05) is 0 Å². The second-order valence-electron chi connectivity index (χ2n) is 5.40. The van der Waals surface area contributed by atoms with Crippen molar-refractivity contribution in [1.82, 2.24) is 9.88 Å². The van der Waals surface area contributed by atoms with Gasteiger partial charge in [-0.1, -0.05) is 30.3 Å². The van der Waals surface area contributed by atoms with E-state index in [2.05, 4.69) is 5.32 Å². The van der Waals surface area contributed by atoms with E-state index in [1.165, 1.54) is 6.07 Å². The van der Waals surface area contributed by atoms with Crippen LogP contribution in [0, 0.1) is 0 Å². The number of amides is 1. The lowest BCUT2D eigenvalue weighted by Crippen LogP contribution is -2.33. The van der Waals surface area contributed by atoms with Crippen LogP contribution in [-0.2, 0) is 13.7 Å². The molecule has 0 saturated carbocycles. The standard InChI is InChI=1S/C17H20N2O3/c1-12(2)18-17(21)14-9-15(20)16(10-19(14)3)22-11-13-7-5-4-6-8-13/h4-10,12H,11H2,1-3H3,(H,18,21). The van der Waals surface area contributed by atoms with E-state index in [-0.39, 0.29) is 23.1 Å². The van der Waals surface area contributed by atoms with Crippen LogP contribution in [0.4, 0.5) is 0 Å². The van der Waals surface area contributed by atoms with Gasteiger partial charge in [-0.3, -0.25) is 9.59 Å². The number of hydrogen-bond donors (Lipinski definition) is 1. The zero-order valence-corrected chi connectivity index (χ0v) is 13.0. The average Bonchev–Trinajstić information content (AvgIpc) is 2.48. The zero-order chi connectivity index (χ0) is 16.1. The first-order chi connectivity index (χ1) is 10.5. The molecule has 0 unspecified atom stereocenters. The Morgan fingerprint density at radius 3 is 2.59 bits per heavy atom. The first-order valence-corrected chi connectivity index (χ1v) is 7.15. The van der Waals surface area contributed by atoms with Crippen molar-refractivity contribution in [2.24, 2.45) is 7.05 Å². The Balaban J connectivity index is 2.16. The van der Waals surface area contributed by atoms with Gasteiger partial charge < -0.3 is 14.6 Å². The number of nitrogens with zero attached hydrogens (tertiary/aromatic N) is 1. The van der Waals surface area contributed by atoms with Crippen LogP contribution in [0.1, 0.15) is 29.9 Å². The molecule has 0 aliphatic rings. The second kappa shape index (κ2) is 6.93. The van der Waals surface area contributed by atoms with E-state index in [0.29, 0.717) is 12.3 Å². The number of aryl methyl sites for hydroxylation is 1. The third-order valence-corrected chi connectivity index (χ3v) is 3.09. The average molecular weight is 300 g/mol. The largest absolute Gasteiger partial charge is 0.483 e. The number of ether oxygens (including phenoxy) is 1. The molecule has 0 aliphatic carbocycles. The number of hydrogen-bond acceptors (Lipinski definition) is 3. The molecule has 5 nitrogen and oxygen atoms in total. The predicted octanol–water partition coefficient (Wildman–Crippen LogP) is 2.10. The maximum atomic E-state index is 12.1. The molecule has 1 N–H and O–H groups in total. The van der Waals surface area contributed by atoms with Gasteiger partial charge in [-0.25, -0.2) is 0 Å². The molecule has 1 heterocycles. The predicted molar refractivity (Wildman–Crippen MR) is 85.1 cm³/mol. The van der Waals surface area contributed by atoms with Crippen LogP contribution in [-0.4, -0.2) is 16.5 Å². The third kappa shape index (κ3) is 3.97. The van der Waals surface area contributed by atoms with Crippen molar-refractivity contribution in [3.63, 3.8) is 0 Å². The Morgan fingerprint density at radius 2 is 1.95 bits per heavy atom. The van der Waals surface area contributed by atoms with E-state index >= 15 is 0 Å². The van der Waals surface area contributed by atoms with Gasteiger partial charge in [0.1, 0.15) is 12.3 Å². The summed E-state index contributed by atoms with van der Waals surface area (Å²) in [5, 5.41) is 2.76. The molecule has 0 radical (unpaired) electrons. The molecule has 5 heteroatoms.